The highest BCUT2D eigenvalue weighted by molar-refractivity contribution is 5.96. The molecule has 17 heavy (non-hydrogen) atoms. The van der Waals surface area contributed by atoms with E-state index < -0.39 is 12.0 Å². The molecule has 2 rings (SSSR count). The molecule has 0 spiro atoms. The first kappa shape index (κ1) is 11.4. The number of aliphatic carboxylic acids is 1. The van der Waals surface area contributed by atoms with Crippen LogP contribution < -0.4 is 10.1 Å². The van der Waals surface area contributed by atoms with Crippen LogP contribution in [-0.2, 0) is 11.2 Å². The predicted octanol–water partition coefficient (Wildman–Crippen LogP) is 0.824. The Hall–Kier alpha value is -2.04. The van der Waals surface area contributed by atoms with E-state index in [2.05, 4.69) is 5.32 Å². The van der Waals surface area contributed by atoms with Crippen LogP contribution in [0.2, 0.25) is 0 Å². The first-order chi connectivity index (χ1) is 8.08. The number of nitrogens with one attached hydrogen (secondary N) is 1. The van der Waals surface area contributed by atoms with E-state index >= 15 is 0 Å². The number of benzene rings is 1. The molecular formula is C12H13NO4. The van der Waals surface area contributed by atoms with Gasteiger partial charge in [-0.2, -0.15) is 0 Å². The number of hydrogen-bond acceptors (Lipinski definition) is 3. The smallest absolute Gasteiger partial charge is 0.325 e. The number of carbonyl (C=O) groups excluding carboxylic acids is 1. The van der Waals surface area contributed by atoms with Gasteiger partial charge in [-0.05, 0) is 30.7 Å². The number of hydrogen-bond donors (Lipinski definition) is 2. The lowest BCUT2D eigenvalue weighted by molar-refractivity contribution is -0.138. The number of carboxylic acids is 1. The van der Waals surface area contributed by atoms with Gasteiger partial charge in [0.1, 0.15) is 11.8 Å². The zero-order valence-electron chi connectivity index (χ0n) is 9.40. The van der Waals surface area contributed by atoms with Crippen molar-refractivity contribution in [1.82, 2.24) is 5.32 Å². The van der Waals surface area contributed by atoms with Crippen molar-refractivity contribution in [1.29, 1.82) is 0 Å². The van der Waals surface area contributed by atoms with Crippen LogP contribution in [0.3, 0.4) is 0 Å². The zero-order chi connectivity index (χ0) is 12.4. The maximum atomic E-state index is 11.7. The van der Waals surface area contributed by atoms with Crippen LogP contribution in [0.1, 0.15) is 22.8 Å². The van der Waals surface area contributed by atoms with Gasteiger partial charge in [-0.25, -0.2) is 0 Å². The summed E-state index contributed by atoms with van der Waals surface area (Å²) in [7, 11) is 0. The molecule has 0 aromatic heterocycles. The second kappa shape index (κ2) is 4.45. The minimum Gasteiger partial charge on any atom is -0.493 e. The van der Waals surface area contributed by atoms with Gasteiger partial charge in [-0.3, -0.25) is 9.59 Å². The number of fused-ring (bicyclic) bond motifs is 1. The van der Waals surface area contributed by atoms with Gasteiger partial charge in [0.05, 0.1) is 6.61 Å². The monoisotopic (exact) mass is 235 g/mol. The molecule has 0 saturated carbocycles. The summed E-state index contributed by atoms with van der Waals surface area (Å²) in [4.78, 5) is 22.4. The van der Waals surface area contributed by atoms with Crippen LogP contribution in [-0.4, -0.2) is 29.6 Å². The highest BCUT2D eigenvalue weighted by Crippen LogP contribution is 2.25. The van der Waals surface area contributed by atoms with Crippen molar-refractivity contribution in [3.63, 3.8) is 0 Å². The van der Waals surface area contributed by atoms with Gasteiger partial charge in [0.25, 0.3) is 5.91 Å². The lowest BCUT2D eigenvalue weighted by Crippen LogP contribution is -2.38. The lowest BCUT2D eigenvalue weighted by atomic mass is 10.1. The van der Waals surface area contributed by atoms with Crippen molar-refractivity contribution in [3.05, 3.63) is 29.3 Å². The molecule has 1 aliphatic rings. The molecule has 0 aliphatic carbocycles. The maximum Gasteiger partial charge on any atom is 0.325 e. The van der Waals surface area contributed by atoms with Crippen LogP contribution in [0.4, 0.5) is 0 Å². The molecule has 1 atom stereocenters. The van der Waals surface area contributed by atoms with Gasteiger partial charge < -0.3 is 15.2 Å². The molecule has 2 N–H and O–H groups in total. The SMILES string of the molecule is C[C@@H](NC(=O)c1ccc2c(c1)CCO2)C(=O)O. The Labute approximate surface area is 98.4 Å². The Kier molecular flexibility index (Phi) is 2.99. The van der Waals surface area contributed by atoms with Crippen LogP contribution >= 0.6 is 0 Å². The summed E-state index contributed by atoms with van der Waals surface area (Å²) in [6.45, 7) is 2.06. The lowest BCUT2D eigenvalue weighted by Gasteiger charge is -2.09. The average molecular weight is 235 g/mol. The Morgan fingerprint density at radius 1 is 1.47 bits per heavy atom. The van der Waals surface area contributed by atoms with E-state index in [4.69, 9.17) is 9.84 Å². The molecule has 1 amide bonds. The fourth-order valence-electron chi connectivity index (χ4n) is 1.67. The van der Waals surface area contributed by atoms with Gasteiger partial charge in [0.15, 0.2) is 0 Å². The Bertz CT molecular complexity index is 470. The number of amides is 1. The third-order valence-corrected chi connectivity index (χ3v) is 2.67. The molecule has 1 aliphatic heterocycles. The summed E-state index contributed by atoms with van der Waals surface area (Å²) in [6.07, 6.45) is 0.783. The van der Waals surface area contributed by atoms with E-state index in [1.165, 1.54) is 6.92 Å². The maximum absolute atomic E-state index is 11.7. The van der Waals surface area contributed by atoms with Crippen LogP contribution in [0.25, 0.3) is 0 Å². The Balaban J connectivity index is 2.12. The second-order valence-corrected chi connectivity index (χ2v) is 3.95. The predicted molar refractivity (Wildman–Crippen MR) is 60.2 cm³/mol. The normalized spacial score (nSPS) is 14.6. The van der Waals surface area contributed by atoms with Crippen LogP contribution in [0, 0.1) is 0 Å². The van der Waals surface area contributed by atoms with Crippen LogP contribution in [0.15, 0.2) is 18.2 Å². The summed E-state index contributed by atoms with van der Waals surface area (Å²) in [6, 6.07) is 4.22. The molecule has 5 heteroatoms. The number of rotatable bonds is 3. The standard InChI is InChI=1S/C12H13NO4/c1-7(12(15)16)13-11(14)9-2-3-10-8(6-9)4-5-17-10/h2-3,6-7H,4-5H2,1H3,(H,13,14)(H,15,16)/t7-/m1/s1. The third kappa shape index (κ3) is 2.38. The van der Waals surface area contributed by atoms with E-state index in [1.54, 1.807) is 18.2 Å². The summed E-state index contributed by atoms with van der Waals surface area (Å²) in [5.41, 5.74) is 1.45. The molecule has 0 saturated heterocycles. The van der Waals surface area contributed by atoms with Crippen molar-refractivity contribution >= 4 is 11.9 Å². The summed E-state index contributed by atoms with van der Waals surface area (Å²) >= 11 is 0. The molecule has 0 unspecified atom stereocenters. The number of ether oxygens (including phenoxy) is 1. The number of carboxylic acid groups (broad SMARTS) is 1. The fraction of sp³-hybridized carbons (Fsp3) is 0.333. The molecule has 1 aromatic rings. The van der Waals surface area contributed by atoms with E-state index in [1.807, 2.05) is 0 Å². The number of carbonyl (C=O) groups is 2. The largest absolute Gasteiger partial charge is 0.493 e. The van der Waals surface area contributed by atoms with E-state index in [0.29, 0.717) is 12.2 Å². The van der Waals surface area contributed by atoms with E-state index in [9.17, 15) is 9.59 Å². The molecule has 1 heterocycles. The van der Waals surface area contributed by atoms with Crippen molar-refractivity contribution in [2.24, 2.45) is 0 Å². The molecular weight excluding hydrogens is 222 g/mol. The molecule has 0 fully saturated rings. The Morgan fingerprint density at radius 2 is 2.24 bits per heavy atom. The minimum absolute atomic E-state index is 0.380. The third-order valence-electron chi connectivity index (χ3n) is 2.67. The Morgan fingerprint density at radius 3 is 2.94 bits per heavy atom. The first-order valence-corrected chi connectivity index (χ1v) is 5.37. The van der Waals surface area contributed by atoms with Crippen molar-refractivity contribution < 1.29 is 19.4 Å². The van der Waals surface area contributed by atoms with E-state index in [0.717, 1.165) is 17.7 Å². The van der Waals surface area contributed by atoms with Gasteiger partial charge in [0.2, 0.25) is 0 Å². The molecule has 90 valence electrons. The average Bonchev–Trinajstić information content (AvgIpc) is 2.75. The highest BCUT2D eigenvalue weighted by atomic mass is 16.5. The second-order valence-electron chi connectivity index (χ2n) is 3.95. The highest BCUT2D eigenvalue weighted by Gasteiger charge is 2.18. The zero-order valence-corrected chi connectivity index (χ0v) is 9.40. The van der Waals surface area contributed by atoms with Crippen molar-refractivity contribution in [2.45, 2.75) is 19.4 Å². The van der Waals surface area contributed by atoms with Crippen molar-refractivity contribution in [3.8, 4) is 5.75 Å². The van der Waals surface area contributed by atoms with Gasteiger partial charge >= 0.3 is 5.97 Å². The topological polar surface area (TPSA) is 75.6 Å². The van der Waals surface area contributed by atoms with Crippen molar-refractivity contribution in [2.75, 3.05) is 6.61 Å². The van der Waals surface area contributed by atoms with Gasteiger partial charge in [0, 0.05) is 12.0 Å². The first-order valence-electron chi connectivity index (χ1n) is 5.37. The van der Waals surface area contributed by atoms with E-state index in [-0.39, 0.29) is 5.91 Å². The molecule has 0 radical (unpaired) electrons. The van der Waals surface area contributed by atoms with Gasteiger partial charge in [-0.1, -0.05) is 0 Å². The molecule has 0 bridgehead atoms. The van der Waals surface area contributed by atoms with Crippen LogP contribution in [0.5, 0.6) is 5.75 Å². The quantitative estimate of drug-likeness (QED) is 0.813. The summed E-state index contributed by atoms with van der Waals surface area (Å²) in [5.74, 6) is -0.634. The fourth-order valence-corrected chi connectivity index (χ4v) is 1.67. The minimum atomic E-state index is -1.05. The van der Waals surface area contributed by atoms with Gasteiger partial charge in [-0.15, -0.1) is 0 Å². The summed E-state index contributed by atoms with van der Waals surface area (Å²) in [5, 5.41) is 11.1. The summed E-state index contributed by atoms with van der Waals surface area (Å²) < 4.78 is 5.33. The molecule has 5 nitrogen and oxygen atoms in total. The molecule has 1 aromatic carbocycles.